The van der Waals surface area contributed by atoms with E-state index in [-0.39, 0.29) is 23.2 Å². The minimum absolute atomic E-state index is 0. The van der Waals surface area contributed by atoms with Gasteiger partial charge in [-0.05, 0) is 49.4 Å². The van der Waals surface area contributed by atoms with Gasteiger partial charge in [0, 0.05) is 0 Å². The summed E-state index contributed by atoms with van der Waals surface area (Å²) in [6, 6.07) is 0. The van der Waals surface area contributed by atoms with Crippen LogP contribution in [0.2, 0.25) is 0 Å². The summed E-state index contributed by atoms with van der Waals surface area (Å²) in [6.45, 7) is 4.16. The first-order chi connectivity index (χ1) is 8.13. The van der Waals surface area contributed by atoms with Gasteiger partial charge in [-0.25, -0.2) is 0 Å². The summed E-state index contributed by atoms with van der Waals surface area (Å²) in [4.78, 5) is 23.4. The fraction of sp³-hybridized carbons (Fsp3) is 0.857. The summed E-state index contributed by atoms with van der Waals surface area (Å²) in [5.74, 6) is -1.57. The van der Waals surface area contributed by atoms with Crippen LogP contribution >= 0.6 is 12.4 Å². The molecule has 0 aromatic heterocycles. The molecule has 0 amide bonds. The van der Waals surface area contributed by atoms with Gasteiger partial charge >= 0.3 is 11.9 Å². The Morgan fingerprint density at radius 2 is 1.05 bits per heavy atom. The molecule has 4 saturated carbocycles. The third kappa shape index (κ3) is 1.79. The zero-order valence-electron chi connectivity index (χ0n) is 11.4. The van der Waals surface area contributed by atoms with Gasteiger partial charge in [0.25, 0.3) is 0 Å². The topological polar surface area (TPSA) is 74.6 Å². The van der Waals surface area contributed by atoms with Gasteiger partial charge in [0.1, 0.15) is 0 Å². The Bertz CT molecular complexity index is 404. The summed E-state index contributed by atoms with van der Waals surface area (Å²) in [7, 11) is 0. The molecular formula is C14H21ClO4. The van der Waals surface area contributed by atoms with Gasteiger partial charge in [-0.1, -0.05) is 13.8 Å². The smallest absolute Gasteiger partial charge is 0.309 e. The third-order valence-electron chi connectivity index (χ3n) is 5.50. The second kappa shape index (κ2) is 3.66. The molecule has 0 saturated heterocycles. The van der Waals surface area contributed by atoms with Gasteiger partial charge in [-0.3, -0.25) is 9.59 Å². The molecule has 0 aliphatic heterocycles. The van der Waals surface area contributed by atoms with Gasteiger partial charge in [-0.15, -0.1) is 12.4 Å². The van der Waals surface area contributed by atoms with Crippen LogP contribution in [0.15, 0.2) is 0 Å². The van der Waals surface area contributed by atoms with E-state index in [1.54, 1.807) is 0 Å². The quantitative estimate of drug-likeness (QED) is 0.819. The molecule has 108 valence electrons. The molecule has 19 heavy (non-hydrogen) atoms. The van der Waals surface area contributed by atoms with E-state index in [4.69, 9.17) is 0 Å². The minimum Gasteiger partial charge on any atom is -0.481 e. The summed E-state index contributed by atoms with van der Waals surface area (Å²) in [5.41, 5.74) is -1.81. The fourth-order valence-corrected chi connectivity index (χ4v) is 6.15. The van der Waals surface area contributed by atoms with E-state index >= 15 is 0 Å². The van der Waals surface area contributed by atoms with Crippen molar-refractivity contribution >= 4 is 24.3 Å². The maximum Gasteiger partial charge on any atom is 0.309 e. The van der Waals surface area contributed by atoms with Crippen LogP contribution in [0.5, 0.6) is 0 Å². The van der Waals surface area contributed by atoms with Crippen LogP contribution in [0.3, 0.4) is 0 Å². The highest BCUT2D eigenvalue weighted by molar-refractivity contribution is 5.85. The lowest BCUT2D eigenvalue weighted by Gasteiger charge is -2.66. The number of carbonyl (C=O) groups is 2. The molecular weight excluding hydrogens is 268 g/mol. The summed E-state index contributed by atoms with van der Waals surface area (Å²) >= 11 is 0. The average molecular weight is 289 g/mol. The van der Waals surface area contributed by atoms with Crippen molar-refractivity contribution in [2.75, 3.05) is 0 Å². The second-order valence-electron chi connectivity index (χ2n) is 7.85. The lowest BCUT2D eigenvalue weighted by atomic mass is 9.36. The highest BCUT2D eigenvalue weighted by Crippen LogP contribution is 2.73. The van der Waals surface area contributed by atoms with Crippen LogP contribution in [-0.2, 0) is 9.59 Å². The lowest BCUT2D eigenvalue weighted by Crippen LogP contribution is -2.63. The predicted molar refractivity (Wildman–Crippen MR) is 71.3 cm³/mol. The van der Waals surface area contributed by atoms with Crippen molar-refractivity contribution in [2.24, 2.45) is 21.7 Å². The van der Waals surface area contributed by atoms with E-state index in [9.17, 15) is 19.8 Å². The molecule has 0 heterocycles. The predicted octanol–water partition coefficient (Wildman–Crippen LogP) is 2.94. The average Bonchev–Trinajstić information content (AvgIpc) is 2.10. The number of halogens is 1. The van der Waals surface area contributed by atoms with E-state index in [2.05, 4.69) is 13.8 Å². The Labute approximate surface area is 119 Å². The molecule has 4 nitrogen and oxygen atoms in total. The zero-order chi connectivity index (χ0) is 13.4. The standard InChI is InChI=1S/C14H20O4.ClH/c1-11-3-12(2)6-13(4-11,9(15)16)8-14(5-11,7-12)10(17)18;/h3-8H2,1-2H3,(H,15,16)(H,17,18);1H. The van der Waals surface area contributed by atoms with Crippen LogP contribution in [0.25, 0.3) is 0 Å². The number of hydrogen-bond acceptors (Lipinski definition) is 2. The van der Waals surface area contributed by atoms with E-state index in [1.165, 1.54) is 0 Å². The number of hydrogen-bond donors (Lipinski definition) is 2. The molecule has 0 unspecified atom stereocenters. The van der Waals surface area contributed by atoms with Gasteiger partial charge in [-0.2, -0.15) is 0 Å². The van der Waals surface area contributed by atoms with E-state index in [0.29, 0.717) is 32.1 Å². The molecule has 0 aromatic carbocycles. The first-order valence-corrected chi connectivity index (χ1v) is 6.60. The van der Waals surface area contributed by atoms with Crippen LogP contribution in [0, 0.1) is 21.7 Å². The minimum atomic E-state index is -0.795. The van der Waals surface area contributed by atoms with Gasteiger partial charge in [0.2, 0.25) is 0 Å². The van der Waals surface area contributed by atoms with Crippen LogP contribution in [0.1, 0.15) is 52.4 Å². The molecule has 5 heteroatoms. The molecule has 4 aliphatic rings. The van der Waals surface area contributed by atoms with E-state index in [1.807, 2.05) is 0 Å². The molecule has 4 bridgehead atoms. The van der Waals surface area contributed by atoms with E-state index in [0.717, 1.165) is 6.42 Å². The van der Waals surface area contributed by atoms with Crippen molar-refractivity contribution in [3.8, 4) is 0 Å². The maximum absolute atomic E-state index is 11.7. The maximum atomic E-state index is 11.7. The molecule has 0 aromatic rings. The number of rotatable bonds is 2. The molecule has 0 radical (unpaired) electrons. The SMILES string of the molecule is CC12CC3(C)CC(C(=O)O)(C1)CC(C(=O)O)(C2)C3.Cl. The van der Waals surface area contributed by atoms with Crippen molar-refractivity contribution < 1.29 is 19.8 Å². The van der Waals surface area contributed by atoms with Crippen molar-refractivity contribution in [3.63, 3.8) is 0 Å². The first kappa shape index (κ1) is 14.6. The molecule has 4 fully saturated rings. The molecule has 0 spiro atoms. The summed E-state index contributed by atoms with van der Waals surface area (Å²) < 4.78 is 0. The number of carboxylic acid groups (broad SMARTS) is 2. The number of aliphatic carboxylic acids is 2. The van der Waals surface area contributed by atoms with E-state index < -0.39 is 22.8 Å². The van der Waals surface area contributed by atoms with Gasteiger partial charge < -0.3 is 10.2 Å². The highest BCUT2D eigenvalue weighted by Gasteiger charge is 2.70. The second-order valence-corrected chi connectivity index (χ2v) is 7.85. The molecule has 0 atom stereocenters. The van der Waals surface area contributed by atoms with Crippen molar-refractivity contribution in [1.82, 2.24) is 0 Å². The Hall–Kier alpha value is -0.770. The zero-order valence-corrected chi connectivity index (χ0v) is 12.2. The summed E-state index contributed by atoms with van der Waals surface area (Å²) in [6.07, 6.45) is 3.92. The Morgan fingerprint density at radius 3 is 1.32 bits per heavy atom. The van der Waals surface area contributed by atoms with Crippen molar-refractivity contribution in [1.29, 1.82) is 0 Å². The molecule has 4 aliphatic carbocycles. The van der Waals surface area contributed by atoms with Crippen LogP contribution < -0.4 is 0 Å². The Morgan fingerprint density at radius 1 is 0.737 bits per heavy atom. The van der Waals surface area contributed by atoms with Gasteiger partial charge in [0.15, 0.2) is 0 Å². The monoisotopic (exact) mass is 288 g/mol. The third-order valence-corrected chi connectivity index (χ3v) is 5.50. The van der Waals surface area contributed by atoms with Crippen molar-refractivity contribution in [3.05, 3.63) is 0 Å². The molecule has 2 N–H and O–H groups in total. The fourth-order valence-electron chi connectivity index (χ4n) is 6.15. The lowest BCUT2D eigenvalue weighted by molar-refractivity contribution is -0.215. The van der Waals surface area contributed by atoms with Crippen molar-refractivity contribution in [2.45, 2.75) is 52.4 Å². The molecule has 4 rings (SSSR count). The Kier molecular flexibility index (Phi) is 2.82. The Balaban J connectivity index is 0.00000133. The first-order valence-electron chi connectivity index (χ1n) is 6.60. The highest BCUT2D eigenvalue weighted by atomic mass is 35.5. The van der Waals surface area contributed by atoms with Crippen LogP contribution in [0.4, 0.5) is 0 Å². The summed E-state index contributed by atoms with van der Waals surface area (Å²) in [5, 5.41) is 19.2. The number of carboxylic acids is 2. The largest absolute Gasteiger partial charge is 0.481 e. The normalized spacial score (nSPS) is 50.6. The van der Waals surface area contributed by atoms with Gasteiger partial charge in [0.05, 0.1) is 10.8 Å². The van der Waals surface area contributed by atoms with Crippen LogP contribution in [-0.4, -0.2) is 22.2 Å².